The molecule has 0 bridgehead atoms. The van der Waals surface area contributed by atoms with Crippen LogP contribution in [0.4, 0.5) is 0 Å². The smallest absolute Gasteiger partial charge is 0.176 e. The van der Waals surface area contributed by atoms with Crippen LogP contribution in [0.1, 0.15) is 35.7 Å². The lowest BCUT2D eigenvalue weighted by molar-refractivity contribution is 0.0876. The molecule has 3 heteroatoms. The predicted molar refractivity (Wildman–Crippen MR) is 78.8 cm³/mol. The molecule has 1 fully saturated rings. The molecule has 2 rings (SSSR count). The van der Waals surface area contributed by atoms with Crippen LogP contribution >= 0.6 is 0 Å². The summed E-state index contributed by atoms with van der Waals surface area (Å²) in [6, 6.07) is 8.07. The van der Waals surface area contributed by atoms with Gasteiger partial charge in [-0.05, 0) is 18.5 Å². The van der Waals surface area contributed by atoms with Crippen molar-refractivity contribution in [2.75, 3.05) is 39.8 Å². The third kappa shape index (κ3) is 3.88. The molecule has 0 N–H and O–H groups in total. The Balaban J connectivity index is 1.92. The Labute approximate surface area is 116 Å². The summed E-state index contributed by atoms with van der Waals surface area (Å²) in [4.78, 5) is 16.8. The van der Waals surface area contributed by atoms with Crippen LogP contribution in [-0.4, -0.2) is 55.4 Å². The lowest BCUT2D eigenvalue weighted by Crippen LogP contribution is -2.46. The zero-order valence-corrected chi connectivity index (χ0v) is 12.2. The van der Waals surface area contributed by atoms with Crippen molar-refractivity contribution in [2.24, 2.45) is 0 Å². The number of ketones is 1. The second kappa shape index (κ2) is 6.31. The fourth-order valence-electron chi connectivity index (χ4n) is 2.35. The standard InChI is InChI=1S/C16H24N2O/c1-13(2)14-4-6-15(7-5-14)16(19)12-18-10-8-17(3)9-11-18/h4-7,13H,8-12H2,1-3H3. The van der Waals surface area contributed by atoms with Crippen LogP contribution in [0.5, 0.6) is 0 Å². The molecule has 0 unspecified atom stereocenters. The number of nitrogens with zero attached hydrogens (tertiary/aromatic N) is 2. The molecule has 0 aromatic heterocycles. The van der Waals surface area contributed by atoms with Crippen LogP contribution < -0.4 is 0 Å². The molecule has 0 atom stereocenters. The minimum atomic E-state index is 0.236. The summed E-state index contributed by atoms with van der Waals surface area (Å²) in [6.45, 7) is 8.98. The summed E-state index contributed by atoms with van der Waals surface area (Å²) in [5, 5.41) is 0. The number of likely N-dealkylation sites (N-methyl/N-ethyl adjacent to an activating group) is 1. The third-order valence-corrected chi connectivity index (χ3v) is 3.86. The largest absolute Gasteiger partial charge is 0.304 e. The highest BCUT2D eigenvalue weighted by atomic mass is 16.1. The monoisotopic (exact) mass is 260 g/mol. The van der Waals surface area contributed by atoms with Gasteiger partial charge in [0.15, 0.2) is 5.78 Å². The molecule has 0 spiro atoms. The van der Waals surface area contributed by atoms with Gasteiger partial charge in [-0.3, -0.25) is 9.69 Å². The van der Waals surface area contributed by atoms with Crippen LogP contribution in [0.15, 0.2) is 24.3 Å². The van der Waals surface area contributed by atoms with E-state index < -0.39 is 0 Å². The van der Waals surface area contributed by atoms with E-state index in [9.17, 15) is 4.79 Å². The molecular weight excluding hydrogens is 236 g/mol. The minimum absolute atomic E-state index is 0.236. The topological polar surface area (TPSA) is 23.6 Å². The molecule has 1 aliphatic rings. The van der Waals surface area contributed by atoms with Crippen molar-refractivity contribution in [3.8, 4) is 0 Å². The molecule has 1 aromatic rings. The average Bonchev–Trinajstić information content (AvgIpc) is 2.41. The Morgan fingerprint density at radius 2 is 1.68 bits per heavy atom. The molecule has 19 heavy (non-hydrogen) atoms. The van der Waals surface area contributed by atoms with Gasteiger partial charge in [0.05, 0.1) is 6.54 Å². The number of piperazine rings is 1. The molecule has 3 nitrogen and oxygen atoms in total. The average molecular weight is 260 g/mol. The molecule has 1 saturated heterocycles. The highest BCUT2D eigenvalue weighted by Gasteiger charge is 2.17. The minimum Gasteiger partial charge on any atom is -0.304 e. The van der Waals surface area contributed by atoms with Crippen LogP contribution in [0, 0.1) is 0 Å². The van der Waals surface area contributed by atoms with Crippen molar-refractivity contribution in [3.05, 3.63) is 35.4 Å². The number of carbonyl (C=O) groups is 1. The highest BCUT2D eigenvalue weighted by Crippen LogP contribution is 2.15. The number of hydrogen-bond acceptors (Lipinski definition) is 3. The van der Waals surface area contributed by atoms with Crippen LogP contribution in [0.25, 0.3) is 0 Å². The van der Waals surface area contributed by atoms with Gasteiger partial charge in [-0.2, -0.15) is 0 Å². The van der Waals surface area contributed by atoms with Gasteiger partial charge in [-0.1, -0.05) is 38.1 Å². The van der Waals surface area contributed by atoms with Gasteiger partial charge in [0, 0.05) is 31.7 Å². The lowest BCUT2D eigenvalue weighted by Gasteiger charge is -2.31. The summed E-state index contributed by atoms with van der Waals surface area (Å²) in [6.07, 6.45) is 0. The fourth-order valence-corrected chi connectivity index (χ4v) is 2.35. The predicted octanol–water partition coefficient (Wildman–Crippen LogP) is 2.24. The maximum absolute atomic E-state index is 12.2. The van der Waals surface area contributed by atoms with E-state index in [0.29, 0.717) is 12.5 Å². The summed E-state index contributed by atoms with van der Waals surface area (Å²) < 4.78 is 0. The molecular formula is C16H24N2O. The van der Waals surface area contributed by atoms with Gasteiger partial charge in [0.25, 0.3) is 0 Å². The number of benzene rings is 1. The summed E-state index contributed by atoms with van der Waals surface area (Å²) in [5.41, 5.74) is 2.12. The van der Waals surface area contributed by atoms with E-state index in [1.807, 2.05) is 12.1 Å². The molecule has 0 saturated carbocycles. The van der Waals surface area contributed by atoms with Crippen molar-refractivity contribution in [1.29, 1.82) is 0 Å². The van der Waals surface area contributed by atoms with Gasteiger partial charge in [0.1, 0.15) is 0 Å². The van der Waals surface area contributed by atoms with Gasteiger partial charge in [-0.25, -0.2) is 0 Å². The van der Waals surface area contributed by atoms with E-state index >= 15 is 0 Å². The normalized spacial score (nSPS) is 17.9. The molecule has 104 valence electrons. The third-order valence-electron chi connectivity index (χ3n) is 3.86. The van der Waals surface area contributed by atoms with E-state index in [4.69, 9.17) is 0 Å². The fraction of sp³-hybridized carbons (Fsp3) is 0.562. The first-order valence-electron chi connectivity index (χ1n) is 7.10. The Morgan fingerprint density at radius 3 is 2.21 bits per heavy atom. The lowest BCUT2D eigenvalue weighted by atomic mass is 10.0. The number of Topliss-reactive ketones (excluding diaryl/α,β-unsaturated/α-hetero) is 1. The Morgan fingerprint density at radius 1 is 1.11 bits per heavy atom. The quantitative estimate of drug-likeness (QED) is 0.776. The first-order valence-corrected chi connectivity index (χ1v) is 7.10. The first-order chi connectivity index (χ1) is 9.06. The van der Waals surface area contributed by atoms with Crippen molar-refractivity contribution < 1.29 is 4.79 Å². The van der Waals surface area contributed by atoms with Crippen LogP contribution in [-0.2, 0) is 0 Å². The van der Waals surface area contributed by atoms with Crippen LogP contribution in [0.3, 0.4) is 0 Å². The second-order valence-electron chi connectivity index (χ2n) is 5.78. The molecule has 0 radical (unpaired) electrons. The molecule has 1 aliphatic heterocycles. The summed E-state index contributed by atoms with van der Waals surface area (Å²) in [7, 11) is 2.13. The van der Waals surface area contributed by atoms with E-state index in [0.717, 1.165) is 31.7 Å². The second-order valence-corrected chi connectivity index (χ2v) is 5.78. The Hall–Kier alpha value is -1.19. The number of rotatable bonds is 4. The van der Waals surface area contributed by atoms with E-state index in [1.54, 1.807) is 0 Å². The van der Waals surface area contributed by atoms with E-state index in [-0.39, 0.29) is 5.78 Å². The first kappa shape index (κ1) is 14.2. The van der Waals surface area contributed by atoms with Crippen molar-refractivity contribution in [3.63, 3.8) is 0 Å². The molecule has 0 amide bonds. The number of carbonyl (C=O) groups excluding carboxylic acids is 1. The van der Waals surface area contributed by atoms with Gasteiger partial charge < -0.3 is 4.90 Å². The molecule has 1 aromatic carbocycles. The van der Waals surface area contributed by atoms with Gasteiger partial charge in [-0.15, -0.1) is 0 Å². The maximum atomic E-state index is 12.2. The van der Waals surface area contributed by atoms with E-state index in [2.05, 4.69) is 42.8 Å². The van der Waals surface area contributed by atoms with Crippen molar-refractivity contribution >= 4 is 5.78 Å². The van der Waals surface area contributed by atoms with Crippen LogP contribution in [0.2, 0.25) is 0 Å². The molecule has 0 aliphatic carbocycles. The molecule has 1 heterocycles. The van der Waals surface area contributed by atoms with E-state index in [1.165, 1.54) is 5.56 Å². The van der Waals surface area contributed by atoms with Gasteiger partial charge >= 0.3 is 0 Å². The maximum Gasteiger partial charge on any atom is 0.176 e. The number of hydrogen-bond donors (Lipinski definition) is 0. The summed E-state index contributed by atoms with van der Waals surface area (Å²) in [5.74, 6) is 0.752. The van der Waals surface area contributed by atoms with Crippen molar-refractivity contribution in [2.45, 2.75) is 19.8 Å². The Bertz CT molecular complexity index is 417. The zero-order chi connectivity index (χ0) is 13.8. The van der Waals surface area contributed by atoms with Gasteiger partial charge in [0.2, 0.25) is 0 Å². The SMILES string of the molecule is CC(C)c1ccc(C(=O)CN2CCN(C)CC2)cc1. The Kier molecular flexibility index (Phi) is 4.72. The van der Waals surface area contributed by atoms with Crippen molar-refractivity contribution in [1.82, 2.24) is 9.80 Å². The summed E-state index contributed by atoms with van der Waals surface area (Å²) >= 11 is 0. The highest BCUT2D eigenvalue weighted by molar-refractivity contribution is 5.97. The zero-order valence-electron chi connectivity index (χ0n) is 12.2.